The molecule has 3 fully saturated rings. The van der Waals surface area contributed by atoms with Crippen molar-refractivity contribution in [3.63, 3.8) is 0 Å². The van der Waals surface area contributed by atoms with Crippen LogP contribution in [0.1, 0.15) is 25.5 Å². The highest BCUT2D eigenvalue weighted by atomic mass is 16.5. The van der Waals surface area contributed by atoms with Crippen LogP contribution in [0.15, 0.2) is 79.3 Å². The maximum atomic E-state index is 13.7. The van der Waals surface area contributed by atoms with Crippen molar-refractivity contribution in [2.45, 2.75) is 43.9 Å². The van der Waals surface area contributed by atoms with Crippen LogP contribution in [-0.2, 0) is 20.7 Å². The van der Waals surface area contributed by atoms with E-state index < -0.39 is 5.60 Å². The Bertz CT molecular complexity index is 2000. The molecule has 5 aromatic rings. The van der Waals surface area contributed by atoms with Gasteiger partial charge < -0.3 is 19.9 Å². The van der Waals surface area contributed by atoms with Gasteiger partial charge in [-0.3, -0.25) is 24.6 Å². The lowest BCUT2D eigenvalue weighted by Gasteiger charge is -2.36. The second kappa shape index (κ2) is 12.7. The van der Waals surface area contributed by atoms with Gasteiger partial charge in [0, 0.05) is 91.5 Å². The van der Waals surface area contributed by atoms with Crippen LogP contribution < -0.4 is 10.2 Å². The molecule has 0 radical (unpaired) electrons. The van der Waals surface area contributed by atoms with Crippen LogP contribution in [-0.4, -0.2) is 104 Å². The number of aromatic nitrogens is 5. The average Bonchev–Trinajstić information content (AvgIpc) is 3.96. The SMILES string of the molecule is CCc1cc(-c2n[nH]c3ccc(NC(=O)[C@]4(OC)CCN(CC(=O)N5C[C@H]6C[C@@H]5CN6c5ccc(-c6ncccn6)cc5)C4)cc23)ccn1. The van der Waals surface area contributed by atoms with E-state index in [1.54, 1.807) is 25.7 Å². The van der Waals surface area contributed by atoms with Crippen molar-refractivity contribution in [1.29, 1.82) is 0 Å². The third-order valence-electron chi connectivity index (χ3n) is 10.3. The molecule has 12 heteroatoms. The number of benzene rings is 2. The van der Waals surface area contributed by atoms with Crippen LogP contribution >= 0.6 is 0 Å². The zero-order chi connectivity index (χ0) is 33.5. The third-order valence-corrected chi connectivity index (χ3v) is 10.3. The molecule has 2 amide bonds. The number of amides is 2. The highest BCUT2D eigenvalue weighted by Crippen LogP contribution is 2.36. The van der Waals surface area contributed by atoms with Crippen molar-refractivity contribution in [2.75, 3.05) is 50.1 Å². The van der Waals surface area contributed by atoms with Crippen molar-refractivity contribution >= 4 is 34.1 Å². The maximum absolute atomic E-state index is 13.7. The van der Waals surface area contributed by atoms with E-state index in [0.29, 0.717) is 37.6 Å². The van der Waals surface area contributed by atoms with Gasteiger partial charge in [0.25, 0.3) is 5.91 Å². The normalized spacial score (nSPS) is 21.9. The highest BCUT2D eigenvalue weighted by molar-refractivity contribution is 6.01. The Kier molecular flexibility index (Phi) is 8.04. The summed E-state index contributed by atoms with van der Waals surface area (Å²) in [5.41, 5.74) is 5.40. The minimum absolute atomic E-state index is 0.108. The number of fused-ring (bicyclic) bond motifs is 3. The van der Waals surface area contributed by atoms with Crippen molar-refractivity contribution < 1.29 is 14.3 Å². The molecule has 0 unspecified atom stereocenters. The lowest BCUT2D eigenvalue weighted by atomic mass is 10.0. The van der Waals surface area contributed by atoms with Crippen LogP contribution in [0.3, 0.4) is 0 Å². The van der Waals surface area contributed by atoms with E-state index in [0.717, 1.165) is 58.5 Å². The zero-order valence-corrected chi connectivity index (χ0v) is 27.7. The van der Waals surface area contributed by atoms with Gasteiger partial charge in [-0.05, 0) is 79.9 Å². The number of H-pyrrole nitrogens is 1. The molecule has 3 atom stereocenters. The molecule has 0 spiro atoms. The zero-order valence-electron chi connectivity index (χ0n) is 27.7. The van der Waals surface area contributed by atoms with Gasteiger partial charge in [0.15, 0.2) is 11.4 Å². The van der Waals surface area contributed by atoms with Crippen LogP contribution in [0.4, 0.5) is 11.4 Å². The van der Waals surface area contributed by atoms with E-state index in [4.69, 9.17) is 4.74 Å². The number of carbonyl (C=O) groups excluding carboxylic acids is 2. The van der Waals surface area contributed by atoms with E-state index in [2.05, 4.69) is 66.6 Å². The van der Waals surface area contributed by atoms with Crippen LogP contribution in [0.2, 0.25) is 0 Å². The van der Waals surface area contributed by atoms with Gasteiger partial charge in [0.2, 0.25) is 5.91 Å². The maximum Gasteiger partial charge on any atom is 0.258 e. The number of rotatable bonds is 9. The number of hydrogen-bond donors (Lipinski definition) is 2. The number of nitrogens with zero attached hydrogens (tertiary/aromatic N) is 7. The molecular weight excluding hydrogens is 618 g/mol. The molecule has 49 heavy (non-hydrogen) atoms. The third kappa shape index (κ3) is 5.80. The molecule has 3 aliphatic heterocycles. The van der Waals surface area contributed by atoms with Crippen molar-refractivity contribution in [3.05, 3.63) is 84.9 Å². The van der Waals surface area contributed by atoms with Gasteiger partial charge in [-0.1, -0.05) is 6.92 Å². The molecule has 2 aromatic carbocycles. The van der Waals surface area contributed by atoms with Crippen LogP contribution in [0.5, 0.6) is 0 Å². The number of pyridine rings is 1. The number of anilines is 2. The highest BCUT2D eigenvalue weighted by Gasteiger charge is 2.48. The summed E-state index contributed by atoms with van der Waals surface area (Å²) in [6.45, 7) is 4.80. The number of ether oxygens (including phenoxy) is 1. The molecule has 3 saturated heterocycles. The molecule has 6 heterocycles. The predicted octanol–water partition coefficient (Wildman–Crippen LogP) is 4.16. The molecule has 3 aromatic heterocycles. The number of piperazine rings is 1. The summed E-state index contributed by atoms with van der Waals surface area (Å²) in [6, 6.07) is 20.3. The Balaban J connectivity index is 0.887. The fraction of sp³-hybridized carbons (Fsp3) is 0.351. The molecule has 0 saturated carbocycles. The first-order valence-electron chi connectivity index (χ1n) is 16.9. The van der Waals surface area contributed by atoms with Crippen LogP contribution in [0, 0.1) is 0 Å². The largest absolute Gasteiger partial charge is 0.367 e. The summed E-state index contributed by atoms with van der Waals surface area (Å²) in [7, 11) is 1.57. The van der Waals surface area contributed by atoms with Gasteiger partial charge in [-0.25, -0.2) is 9.97 Å². The second-order valence-electron chi connectivity index (χ2n) is 13.2. The van der Waals surface area contributed by atoms with Gasteiger partial charge in [-0.15, -0.1) is 0 Å². The van der Waals surface area contributed by atoms with Gasteiger partial charge in [0.05, 0.1) is 18.1 Å². The van der Waals surface area contributed by atoms with E-state index in [9.17, 15) is 9.59 Å². The summed E-state index contributed by atoms with van der Waals surface area (Å²) < 4.78 is 5.89. The number of hydrogen-bond acceptors (Lipinski definition) is 9. The quantitative estimate of drug-likeness (QED) is 0.240. The smallest absolute Gasteiger partial charge is 0.258 e. The summed E-state index contributed by atoms with van der Waals surface area (Å²) >= 11 is 0. The van der Waals surface area contributed by atoms with Crippen molar-refractivity contribution in [3.8, 4) is 22.6 Å². The number of methoxy groups -OCH3 is 1. The van der Waals surface area contributed by atoms with E-state index in [1.807, 2.05) is 46.2 Å². The van der Waals surface area contributed by atoms with Gasteiger partial charge >= 0.3 is 0 Å². The Hall–Kier alpha value is -5.20. The standard InChI is InChI=1S/C37H39N9O3/c1-3-26-17-25(11-15-38-26)34-31-18-27(7-10-32(31)42-43-34)41-36(48)37(49-2)12-16-44(23-37)22-33(47)46-21-29-19-30(46)20-45(29)28-8-5-24(6-9-28)35-39-13-4-14-40-35/h4-11,13-15,17-18,29-30H,3,12,16,19-23H2,1-2H3,(H,41,48)(H,42,43)/t29-,30-,37+/m1/s1. The monoisotopic (exact) mass is 657 g/mol. The predicted molar refractivity (Wildman–Crippen MR) is 187 cm³/mol. The molecular formula is C37H39N9O3. The fourth-order valence-corrected chi connectivity index (χ4v) is 7.63. The first kappa shape index (κ1) is 31.1. The van der Waals surface area contributed by atoms with E-state index in [1.165, 1.54) is 0 Å². The first-order valence-corrected chi connectivity index (χ1v) is 16.9. The van der Waals surface area contributed by atoms with E-state index in [-0.39, 0.29) is 30.4 Å². The molecule has 8 rings (SSSR count). The number of aromatic amines is 1. The number of aryl methyl sites for hydroxylation is 1. The molecule has 2 bridgehead atoms. The molecule has 2 N–H and O–H groups in total. The van der Waals surface area contributed by atoms with E-state index >= 15 is 0 Å². The lowest BCUT2D eigenvalue weighted by Crippen LogP contribution is -2.52. The van der Waals surface area contributed by atoms with Crippen molar-refractivity contribution in [2.24, 2.45) is 0 Å². The molecule has 250 valence electrons. The second-order valence-corrected chi connectivity index (χ2v) is 13.2. The topological polar surface area (TPSA) is 132 Å². The minimum atomic E-state index is -1.05. The molecule has 12 nitrogen and oxygen atoms in total. The first-order chi connectivity index (χ1) is 23.9. The minimum Gasteiger partial charge on any atom is -0.367 e. The van der Waals surface area contributed by atoms with Crippen molar-refractivity contribution in [1.82, 2.24) is 34.9 Å². The average molecular weight is 658 g/mol. The fourth-order valence-electron chi connectivity index (χ4n) is 7.63. The Morgan fingerprint density at radius 2 is 1.82 bits per heavy atom. The summed E-state index contributed by atoms with van der Waals surface area (Å²) in [5, 5.41) is 11.6. The number of likely N-dealkylation sites (tertiary alicyclic amines) is 2. The Labute approximate surface area is 284 Å². The number of carbonyl (C=O) groups is 2. The summed E-state index contributed by atoms with van der Waals surface area (Å²) in [4.78, 5) is 46.9. The van der Waals surface area contributed by atoms with Gasteiger partial charge in [0.1, 0.15) is 5.69 Å². The van der Waals surface area contributed by atoms with Gasteiger partial charge in [-0.2, -0.15) is 5.10 Å². The number of nitrogens with one attached hydrogen (secondary N) is 2. The van der Waals surface area contributed by atoms with Crippen LogP contribution in [0.25, 0.3) is 33.5 Å². The Morgan fingerprint density at radius 1 is 0.980 bits per heavy atom. The molecule has 0 aliphatic carbocycles. The molecule has 3 aliphatic rings. The Morgan fingerprint density at radius 3 is 2.57 bits per heavy atom. The summed E-state index contributed by atoms with van der Waals surface area (Å²) in [5.74, 6) is 0.603. The summed E-state index contributed by atoms with van der Waals surface area (Å²) in [6.07, 6.45) is 7.59. The lowest BCUT2D eigenvalue weighted by molar-refractivity contribution is -0.138.